The highest BCUT2D eigenvalue weighted by atomic mass is 32.1. The Hall–Kier alpha value is -3.40. The quantitative estimate of drug-likeness (QED) is 0.482. The van der Waals surface area contributed by atoms with Crippen LogP contribution in [0.25, 0.3) is 0 Å². The van der Waals surface area contributed by atoms with Crippen LogP contribution in [0.3, 0.4) is 0 Å². The standard InChI is InChI=1S/C27H27N3O2S/c1-31-26-17-22(11-12-25(26)32-20-24-10-6-5-9-23(24)18-28)27(33)30-15-13-29(14-16-30)19-21-7-3-2-4-8-21/h2-12,17H,13-16,19-20H2,1H3. The van der Waals surface area contributed by atoms with E-state index in [4.69, 9.17) is 21.7 Å². The minimum atomic E-state index is 0.299. The zero-order valence-corrected chi connectivity index (χ0v) is 19.6. The van der Waals surface area contributed by atoms with Gasteiger partial charge in [0.25, 0.3) is 0 Å². The number of methoxy groups -OCH3 is 1. The molecule has 3 aromatic rings. The number of thiocarbonyl (C=S) groups is 1. The Morgan fingerprint density at radius 1 is 0.939 bits per heavy atom. The third-order valence-electron chi connectivity index (χ3n) is 5.84. The number of ether oxygens (including phenoxy) is 2. The van der Waals surface area contributed by atoms with E-state index in [-0.39, 0.29) is 0 Å². The number of piperazine rings is 1. The summed E-state index contributed by atoms with van der Waals surface area (Å²) in [5.74, 6) is 1.26. The van der Waals surface area contributed by atoms with Gasteiger partial charge in [0.15, 0.2) is 11.5 Å². The van der Waals surface area contributed by atoms with E-state index >= 15 is 0 Å². The van der Waals surface area contributed by atoms with Crippen LogP contribution in [0.5, 0.6) is 11.5 Å². The van der Waals surface area contributed by atoms with Crippen LogP contribution in [0.4, 0.5) is 0 Å². The number of nitriles is 1. The van der Waals surface area contributed by atoms with Gasteiger partial charge in [-0.1, -0.05) is 60.7 Å². The Morgan fingerprint density at radius 3 is 2.39 bits per heavy atom. The van der Waals surface area contributed by atoms with Crippen LogP contribution in [-0.4, -0.2) is 48.1 Å². The molecular formula is C27H27N3O2S. The molecule has 0 aliphatic carbocycles. The van der Waals surface area contributed by atoms with E-state index in [1.807, 2.05) is 36.4 Å². The first-order chi connectivity index (χ1) is 16.2. The van der Waals surface area contributed by atoms with Crippen molar-refractivity contribution in [3.8, 4) is 17.6 Å². The second-order valence-corrected chi connectivity index (χ2v) is 8.36. The van der Waals surface area contributed by atoms with Crippen LogP contribution in [0.1, 0.15) is 22.3 Å². The minimum absolute atomic E-state index is 0.299. The Kier molecular flexibility index (Phi) is 7.56. The lowest BCUT2D eigenvalue weighted by Crippen LogP contribution is -2.48. The van der Waals surface area contributed by atoms with E-state index in [0.717, 1.165) is 48.8 Å². The molecule has 1 aliphatic rings. The van der Waals surface area contributed by atoms with Crippen molar-refractivity contribution in [2.24, 2.45) is 0 Å². The van der Waals surface area contributed by atoms with E-state index < -0.39 is 0 Å². The van der Waals surface area contributed by atoms with Crippen LogP contribution >= 0.6 is 12.2 Å². The van der Waals surface area contributed by atoms with E-state index in [2.05, 4.69) is 46.2 Å². The molecule has 1 fully saturated rings. The first-order valence-electron chi connectivity index (χ1n) is 11.0. The molecule has 0 bridgehead atoms. The molecule has 0 spiro atoms. The summed E-state index contributed by atoms with van der Waals surface area (Å²) in [6, 6.07) is 26.0. The van der Waals surface area contributed by atoms with Gasteiger partial charge in [-0.15, -0.1) is 0 Å². The van der Waals surface area contributed by atoms with Gasteiger partial charge in [0, 0.05) is 43.9 Å². The van der Waals surface area contributed by atoms with Gasteiger partial charge in [0.1, 0.15) is 11.6 Å². The first kappa shape index (κ1) is 22.8. The summed E-state index contributed by atoms with van der Waals surface area (Å²) in [4.78, 5) is 5.55. The molecular weight excluding hydrogens is 430 g/mol. The summed E-state index contributed by atoms with van der Waals surface area (Å²) in [7, 11) is 1.63. The molecule has 0 amide bonds. The number of nitrogens with zero attached hydrogens (tertiary/aromatic N) is 3. The smallest absolute Gasteiger partial charge is 0.161 e. The van der Waals surface area contributed by atoms with Gasteiger partial charge in [-0.3, -0.25) is 4.90 Å². The van der Waals surface area contributed by atoms with Crippen LogP contribution in [0.2, 0.25) is 0 Å². The Labute approximate surface area is 200 Å². The van der Waals surface area contributed by atoms with Crippen LogP contribution < -0.4 is 9.47 Å². The SMILES string of the molecule is COc1cc(C(=S)N2CCN(Cc3ccccc3)CC2)ccc1OCc1ccccc1C#N. The van der Waals surface area contributed by atoms with Gasteiger partial charge in [0.2, 0.25) is 0 Å². The average Bonchev–Trinajstić information content (AvgIpc) is 2.88. The van der Waals surface area contributed by atoms with Gasteiger partial charge in [-0.05, 0) is 29.8 Å². The average molecular weight is 458 g/mol. The number of rotatable bonds is 7. The zero-order valence-electron chi connectivity index (χ0n) is 18.7. The largest absolute Gasteiger partial charge is 0.493 e. The molecule has 0 atom stereocenters. The second kappa shape index (κ2) is 11.0. The van der Waals surface area contributed by atoms with Crippen molar-refractivity contribution in [1.82, 2.24) is 9.80 Å². The maximum absolute atomic E-state index is 9.28. The van der Waals surface area contributed by atoms with E-state index in [9.17, 15) is 5.26 Å². The molecule has 5 nitrogen and oxygen atoms in total. The topological polar surface area (TPSA) is 48.7 Å². The Bertz CT molecular complexity index is 1140. The molecule has 1 aliphatic heterocycles. The van der Waals surface area contributed by atoms with Crippen molar-refractivity contribution in [2.75, 3.05) is 33.3 Å². The van der Waals surface area contributed by atoms with E-state index in [1.165, 1.54) is 5.56 Å². The molecule has 1 heterocycles. The fourth-order valence-electron chi connectivity index (χ4n) is 3.96. The van der Waals surface area contributed by atoms with E-state index in [1.54, 1.807) is 13.2 Å². The summed E-state index contributed by atoms with van der Waals surface area (Å²) in [5.41, 5.74) is 3.74. The molecule has 6 heteroatoms. The molecule has 1 saturated heterocycles. The maximum Gasteiger partial charge on any atom is 0.161 e. The van der Waals surface area contributed by atoms with Crippen molar-refractivity contribution < 1.29 is 9.47 Å². The lowest BCUT2D eigenvalue weighted by atomic mass is 10.1. The van der Waals surface area contributed by atoms with Gasteiger partial charge in [0.05, 0.1) is 18.7 Å². The lowest BCUT2D eigenvalue weighted by molar-refractivity contribution is 0.177. The molecule has 0 N–H and O–H groups in total. The summed E-state index contributed by atoms with van der Waals surface area (Å²) in [6.45, 7) is 5.02. The predicted molar refractivity (Wildman–Crippen MR) is 133 cm³/mol. The lowest BCUT2D eigenvalue weighted by Gasteiger charge is -2.36. The molecule has 33 heavy (non-hydrogen) atoms. The minimum Gasteiger partial charge on any atom is -0.493 e. The van der Waals surface area contributed by atoms with Crippen molar-refractivity contribution in [2.45, 2.75) is 13.2 Å². The van der Waals surface area contributed by atoms with Gasteiger partial charge >= 0.3 is 0 Å². The van der Waals surface area contributed by atoms with Crippen molar-refractivity contribution in [3.63, 3.8) is 0 Å². The fourth-order valence-corrected chi connectivity index (χ4v) is 4.27. The maximum atomic E-state index is 9.28. The van der Waals surface area contributed by atoms with Crippen molar-refractivity contribution >= 4 is 17.2 Å². The van der Waals surface area contributed by atoms with Crippen LogP contribution in [-0.2, 0) is 13.2 Å². The molecule has 0 aromatic heterocycles. The zero-order chi connectivity index (χ0) is 23.0. The number of hydrogen-bond donors (Lipinski definition) is 0. The highest BCUT2D eigenvalue weighted by Gasteiger charge is 2.21. The highest BCUT2D eigenvalue weighted by molar-refractivity contribution is 7.80. The summed E-state index contributed by atoms with van der Waals surface area (Å²) < 4.78 is 11.5. The molecule has 0 unspecified atom stereocenters. The Morgan fingerprint density at radius 2 is 1.67 bits per heavy atom. The molecule has 0 saturated carbocycles. The van der Waals surface area contributed by atoms with E-state index in [0.29, 0.717) is 23.7 Å². The van der Waals surface area contributed by atoms with Crippen LogP contribution in [0.15, 0.2) is 72.8 Å². The van der Waals surface area contributed by atoms with Crippen molar-refractivity contribution in [3.05, 3.63) is 95.1 Å². The van der Waals surface area contributed by atoms with Gasteiger partial charge in [-0.25, -0.2) is 0 Å². The summed E-state index contributed by atoms with van der Waals surface area (Å²) >= 11 is 5.81. The predicted octanol–water partition coefficient (Wildman–Crippen LogP) is 4.64. The third-order valence-corrected chi connectivity index (χ3v) is 6.33. The van der Waals surface area contributed by atoms with Crippen LogP contribution in [0, 0.1) is 11.3 Å². The fraction of sp³-hybridized carbons (Fsp3) is 0.259. The normalized spacial score (nSPS) is 13.9. The molecule has 0 radical (unpaired) electrons. The van der Waals surface area contributed by atoms with Crippen molar-refractivity contribution in [1.29, 1.82) is 5.26 Å². The summed E-state index contributed by atoms with van der Waals surface area (Å²) in [6.07, 6.45) is 0. The first-order valence-corrected chi connectivity index (χ1v) is 11.4. The highest BCUT2D eigenvalue weighted by Crippen LogP contribution is 2.30. The van der Waals surface area contributed by atoms with Gasteiger partial charge < -0.3 is 14.4 Å². The van der Waals surface area contributed by atoms with Gasteiger partial charge in [-0.2, -0.15) is 5.26 Å². The number of hydrogen-bond acceptors (Lipinski definition) is 5. The Balaban J connectivity index is 1.37. The number of benzene rings is 3. The second-order valence-electron chi connectivity index (χ2n) is 7.98. The summed E-state index contributed by atoms with van der Waals surface area (Å²) in [5, 5.41) is 9.28. The molecule has 4 rings (SSSR count). The monoisotopic (exact) mass is 457 g/mol. The third kappa shape index (κ3) is 5.70. The molecule has 168 valence electrons. The molecule has 3 aromatic carbocycles.